The summed E-state index contributed by atoms with van der Waals surface area (Å²) < 4.78 is 5.47. The zero-order valence-electron chi connectivity index (χ0n) is 46.7. The highest BCUT2D eigenvalue weighted by Crippen LogP contribution is 2.17. The van der Waals surface area contributed by atoms with Crippen LogP contribution in [0, 0.1) is 0 Å². The van der Waals surface area contributed by atoms with Gasteiger partial charge < -0.3 is 20.3 Å². The highest BCUT2D eigenvalue weighted by molar-refractivity contribution is 5.76. The van der Waals surface area contributed by atoms with Crippen molar-refractivity contribution in [3.8, 4) is 0 Å². The standard InChI is InChI=1S/C64H119NO5/c1-3-5-7-9-11-13-14-15-31-35-38-42-46-50-54-58-64(69)70-59-55-51-47-43-39-36-33-30-28-26-24-22-20-18-16-17-19-21-23-25-27-29-32-34-37-41-45-49-53-57-63(68)65-61(60-66)62(67)56-52-48-44-40-12-10-8-6-4-2/h11,13,15-16,18,22,24,31,61-62,66-67H,3-10,12,14,17,19-21,23,25-30,32-60H2,1-2H3,(H,65,68)/b13-11-,18-16-,24-22-,31-15-. The number of hydrogen-bond donors (Lipinski definition) is 3. The monoisotopic (exact) mass is 982 g/mol. The molecule has 0 heterocycles. The molecule has 0 aromatic rings. The second kappa shape index (κ2) is 59.4. The number of carbonyl (C=O) groups is 2. The smallest absolute Gasteiger partial charge is 0.305 e. The van der Waals surface area contributed by atoms with Gasteiger partial charge in [-0.25, -0.2) is 0 Å². The molecule has 0 aliphatic heterocycles. The summed E-state index contributed by atoms with van der Waals surface area (Å²) in [4.78, 5) is 24.5. The first-order valence-electron chi connectivity index (χ1n) is 30.9. The summed E-state index contributed by atoms with van der Waals surface area (Å²) in [5.41, 5.74) is 0. The molecule has 0 aliphatic carbocycles. The van der Waals surface area contributed by atoms with E-state index < -0.39 is 12.1 Å². The van der Waals surface area contributed by atoms with E-state index in [4.69, 9.17) is 4.74 Å². The lowest BCUT2D eigenvalue weighted by atomic mass is 10.0. The Morgan fingerprint density at radius 1 is 0.400 bits per heavy atom. The Morgan fingerprint density at radius 3 is 1.11 bits per heavy atom. The van der Waals surface area contributed by atoms with Crippen LogP contribution in [0.3, 0.4) is 0 Å². The van der Waals surface area contributed by atoms with Crippen LogP contribution < -0.4 is 5.32 Å². The molecule has 0 spiro atoms. The van der Waals surface area contributed by atoms with Gasteiger partial charge in [-0.15, -0.1) is 0 Å². The molecule has 6 heteroatoms. The fourth-order valence-electron chi connectivity index (χ4n) is 9.35. The Labute approximate surface area is 436 Å². The van der Waals surface area contributed by atoms with Crippen molar-refractivity contribution in [2.75, 3.05) is 13.2 Å². The molecule has 0 aliphatic rings. The van der Waals surface area contributed by atoms with Crippen molar-refractivity contribution in [1.82, 2.24) is 5.32 Å². The Kier molecular flexibility index (Phi) is 57.5. The van der Waals surface area contributed by atoms with Crippen molar-refractivity contribution in [2.24, 2.45) is 0 Å². The Bertz CT molecular complexity index is 1180. The number of rotatable bonds is 57. The third kappa shape index (κ3) is 55.1. The second-order valence-electron chi connectivity index (χ2n) is 21.0. The van der Waals surface area contributed by atoms with Crippen molar-refractivity contribution in [3.63, 3.8) is 0 Å². The molecule has 0 saturated carbocycles. The van der Waals surface area contributed by atoms with E-state index in [0.717, 1.165) is 57.8 Å². The molecule has 2 unspecified atom stereocenters. The van der Waals surface area contributed by atoms with Gasteiger partial charge in [-0.2, -0.15) is 0 Å². The van der Waals surface area contributed by atoms with Crippen LogP contribution in [0.2, 0.25) is 0 Å². The third-order valence-corrected chi connectivity index (χ3v) is 14.1. The number of aliphatic hydroxyl groups excluding tert-OH is 2. The molecule has 410 valence electrons. The molecule has 0 aromatic heterocycles. The summed E-state index contributed by atoms with van der Waals surface area (Å²) in [5.74, 6) is -0.0409. The Hall–Kier alpha value is -2.18. The maximum absolute atomic E-state index is 12.4. The molecule has 3 N–H and O–H groups in total. The fraction of sp³-hybridized carbons (Fsp3) is 0.844. The zero-order chi connectivity index (χ0) is 50.7. The summed E-state index contributed by atoms with van der Waals surface area (Å²) in [6, 6.07) is -0.541. The van der Waals surface area contributed by atoms with Gasteiger partial charge in [-0.3, -0.25) is 9.59 Å². The summed E-state index contributed by atoms with van der Waals surface area (Å²) >= 11 is 0. The lowest BCUT2D eigenvalue weighted by Gasteiger charge is -2.22. The van der Waals surface area contributed by atoms with Gasteiger partial charge in [0.25, 0.3) is 0 Å². The van der Waals surface area contributed by atoms with Crippen LogP contribution in [0.15, 0.2) is 48.6 Å². The fourth-order valence-corrected chi connectivity index (χ4v) is 9.35. The average molecular weight is 983 g/mol. The van der Waals surface area contributed by atoms with Crippen LogP contribution in [-0.2, 0) is 14.3 Å². The minimum atomic E-state index is -0.663. The van der Waals surface area contributed by atoms with Gasteiger partial charge in [0.15, 0.2) is 0 Å². The first kappa shape index (κ1) is 67.8. The number of amides is 1. The molecule has 6 nitrogen and oxygen atoms in total. The number of carbonyl (C=O) groups excluding carboxylic acids is 2. The molecular weight excluding hydrogens is 863 g/mol. The maximum Gasteiger partial charge on any atom is 0.305 e. The average Bonchev–Trinajstić information content (AvgIpc) is 3.36. The normalized spacial score (nSPS) is 12.9. The third-order valence-electron chi connectivity index (χ3n) is 14.1. The number of unbranched alkanes of at least 4 members (excludes halogenated alkanes) is 38. The van der Waals surface area contributed by atoms with Gasteiger partial charge in [-0.1, -0.05) is 268 Å². The van der Waals surface area contributed by atoms with Gasteiger partial charge in [-0.05, 0) is 89.9 Å². The SMILES string of the molecule is CCCCC/C=C\C/C=C\CCCCCCCC(=O)OCCCCCCCCCCC/C=C\C/C=C\CCCCCCCCCCCCCCCC(=O)NC(CO)C(O)CCCCCCCCCCC. The van der Waals surface area contributed by atoms with E-state index >= 15 is 0 Å². The van der Waals surface area contributed by atoms with Gasteiger partial charge in [0.2, 0.25) is 5.91 Å². The molecule has 0 aromatic carbocycles. The van der Waals surface area contributed by atoms with Crippen molar-refractivity contribution in [3.05, 3.63) is 48.6 Å². The maximum atomic E-state index is 12.4. The zero-order valence-corrected chi connectivity index (χ0v) is 46.7. The first-order valence-corrected chi connectivity index (χ1v) is 30.9. The summed E-state index contributed by atoms with van der Waals surface area (Å²) in [5, 5.41) is 23.1. The quantitative estimate of drug-likeness (QED) is 0.0321. The van der Waals surface area contributed by atoms with Crippen LogP contribution >= 0.6 is 0 Å². The van der Waals surface area contributed by atoms with E-state index in [1.54, 1.807) is 0 Å². The molecule has 2 atom stereocenters. The highest BCUT2D eigenvalue weighted by Gasteiger charge is 2.20. The lowest BCUT2D eigenvalue weighted by Crippen LogP contribution is -2.45. The van der Waals surface area contributed by atoms with E-state index in [0.29, 0.717) is 25.9 Å². The molecule has 70 heavy (non-hydrogen) atoms. The number of aliphatic hydroxyl groups is 2. The van der Waals surface area contributed by atoms with E-state index in [1.807, 2.05) is 0 Å². The van der Waals surface area contributed by atoms with Gasteiger partial charge in [0.05, 0.1) is 25.4 Å². The van der Waals surface area contributed by atoms with E-state index in [1.165, 1.54) is 231 Å². The molecule has 1 amide bonds. The van der Waals surface area contributed by atoms with Crippen LogP contribution in [0.25, 0.3) is 0 Å². The Morgan fingerprint density at radius 2 is 0.714 bits per heavy atom. The minimum absolute atomic E-state index is 0.00249. The van der Waals surface area contributed by atoms with Crippen molar-refractivity contribution in [1.29, 1.82) is 0 Å². The molecule has 0 saturated heterocycles. The van der Waals surface area contributed by atoms with Crippen LogP contribution in [0.4, 0.5) is 0 Å². The topological polar surface area (TPSA) is 95.9 Å². The number of nitrogens with one attached hydrogen (secondary N) is 1. The predicted molar refractivity (Wildman–Crippen MR) is 306 cm³/mol. The van der Waals surface area contributed by atoms with E-state index in [9.17, 15) is 19.8 Å². The number of hydrogen-bond acceptors (Lipinski definition) is 5. The summed E-state index contributed by atoms with van der Waals surface area (Å²) in [7, 11) is 0. The first-order chi connectivity index (χ1) is 34.5. The van der Waals surface area contributed by atoms with Crippen LogP contribution in [0.1, 0.15) is 322 Å². The molecule has 0 rings (SSSR count). The number of ether oxygens (including phenoxy) is 1. The lowest BCUT2D eigenvalue weighted by molar-refractivity contribution is -0.143. The summed E-state index contributed by atoms with van der Waals surface area (Å²) in [6.07, 6.45) is 75.6. The largest absolute Gasteiger partial charge is 0.466 e. The van der Waals surface area contributed by atoms with Crippen molar-refractivity contribution in [2.45, 2.75) is 334 Å². The summed E-state index contributed by atoms with van der Waals surface area (Å²) in [6.45, 7) is 4.90. The van der Waals surface area contributed by atoms with Gasteiger partial charge in [0.1, 0.15) is 0 Å². The number of allylic oxidation sites excluding steroid dienone is 8. The minimum Gasteiger partial charge on any atom is -0.466 e. The number of esters is 1. The molecule has 0 radical (unpaired) electrons. The highest BCUT2D eigenvalue weighted by atomic mass is 16.5. The van der Waals surface area contributed by atoms with Crippen molar-refractivity contribution < 1.29 is 24.5 Å². The van der Waals surface area contributed by atoms with Crippen LogP contribution in [0.5, 0.6) is 0 Å². The molecular formula is C64H119NO5. The Balaban J connectivity index is 3.39. The van der Waals surface area contributed by atoms with E-state index in [-0.39, 0.29) is 18.5 Å². The second-order valence-corrected chi connectivity index (χ2v) is 21.0. The molecule has 0 fully saturated rings. The van der Waals surface area contributed by atoms with Gasteiger partial charge >= 0.3 is 5.97 Å². The predicted octanol–water partition coefficient (Wildman–Crippen LogP) is 19.4. The van der Waals surface area contributed by atoms with Crippen LogP contribution in [-0.4, -0.2) is 47.4 Å². The van der Waals surface area contributed by atoms with Gasteiger partial charge in [0, 0.05) is 12.8 Å². The van der Waals surface area contributed by atoms with Crippen molar-refractivity contribution >= 4 is 11.9 Å². The van der Waals surface area contributed by atoms with E-state index in [2.05, 4.69) is 67.8 Å². The molecule has 0 bridgehead atoms.